The average molecular weight is 459 g/mol. The van der Waals surface area contributed by atoms with Crippen LogP contribution in [0.4, 0.5) is 5.82 Å². The highest BCUT2D eigenvalue weighted by atomic mass is 16.2. The second-order valence-electron chi connectivity index (χ2n) is 10.6. The zero-order valence-electron chi connectivity index (χ0n) is 20.4. The molecular formula is C27H34N6O. The minimum absolute atomic E-state index is 0.0138. The highest BCUT2D eigenvalue weighted by Crippen LogP contribution is 2.42. The van der Waals surface area contributed by atoms with E-state index in [-0.39, 0.29) is 11.8 Å². The van der Waals surface area contributed by atoms with Crippen LogP contribution in [0.3, 0.4) is 0 Å². The topological polar surface area (TPSA) is 80.3 Å². The average Bonchev–Trinajstić information content (AvgIpc) is 3.50. The summed E-state index contributed by atoms with van der Waals surface area (Å²) in [5, 5.41) is 9.21. The molecule has 34 heavy (non-hydrogen) atoms. The lowest BCUT2D eigenvalue weighted by molar-refractivity contribution is -0.125. The molecule has 1 aromatic carbocycles. The normalized spacial score (nSPS) is 20.3. The minimum atomic E-state index is -0.0138. The summed E-state index contributed by atoms with van der Waals surface area (Å²) in [6.45, 7) is 13.0. The Labute approximate surface area is 201 Å². The summed E-state index contributed by atoms with van der Waals surface area (Å²) < 4.78 is 2.18. The van der Waals surface area contributed by atoms with Crippen LogP contribution >= 0.6 is 0 Å². The number of benzene rings is 1. The first-order valence-corrected chi connectivity index (χ1v) is 12.1. The van der Waals surface area contributed by atoms with E-state index in [1.54, 1.807) is 6.20 Å². The van der Waals surface area contributed by atoms with E-state index in [9.17, 15) is 4.79 Å². The molecule has 0 spiro atoms. The van der Waals surface area contributed by atoms with Crippen LogP contribution in [-0.4, -0.2) is 56.7 Å². The molecule has 1 atom stereocenters. The number of nitrogen functional groups attached to an aromatic ring is 1. The number of anilines is 1. The molecule has 0 saturated carbocycles. The third-order valence-corrected chi connectivity index (χ3v) is 7.55. The fourth-order valence-corrected chi connectivity index (χ4v) is 5.80. The Hall–Kier alpha value is -3.19. The molecule has 5 rings (SSSR count). The lowest BCUT2D eigenvalue weighted by Gasteiger charge is -2.20. The molecule has 178 valence electrons. The molecule has 2 fully saturated rings. The second kappa shape index (κ2) is 8.55. The summed E-state index contributed by atoms with van der Waals surface area (Å²) in [7, 11) is 2.06. The third kappa shape index (κ3) is 3.98. The van der Waals surface area contributed by atoms with Crippen molar-refractivity contribution in [1.82, 2.24) is 24.6 Å². The maximum absolute atomic E-state index is 12.2. The number of nitrogens with two attached hydrogens (primary N) is 1. The summed E-state index contributed by atoms with van der Waals surface area (Å²) in [5.74, 6) is 0.636. The number of aromatic nitrogens is 3. The van der Waals surface area contributed by atoms with E-state index in [1.807, 2.05) is 4.90 Å². The van der Waals surface area contributed by atoms with Crippen LogP contribution in [0.2, 0.25) is 0 Å². The Balaban J connectivity index is 1.52. The van der Waals surface area contributed by atoms with Crippen molar-refractivity contribution >= 4 is 22.6 Å². The number of likely N-dealkylation sites (tertiary alicyclic amines) is 2. The van der Waals surface area contributed by atoms with Crippen molar-refractivity contribution in [3.05, 3.63) is 54.4 Å². The first-order valence-electron chi connectivity index (χ1n) is 12.1. The van der Waals surface area contributed by atoms with Gasteiger partial charge in [-0.3, -0.25) is 9.69 Å². The second-order valence-corrected chi connectivity index (χ2v) is 10.6. The van der Waals surface area contributed by atoms with Crippen molar-refractivity contribution < 1.29 is 4.79 Å². The number of aryl methyl sites for hydroxylation is 1. The van der Waals surface area contributed by atoms with Gasteiger partial charge in [-0.2, -0.15) is 5.10 Å². The molecule has 2 aliphatic rings. The van der Waals surface area contributed by atoms with Crippen LogP contribution in [0.15, 0.2) is 43.1 Å². The van der Waals surface area contributed by atoms with Gasteiger partial charge in [-0.1, -0.05) is 44.7 Å². The first-order chi connectivity index (χ1) is 16.3. The van der Waals surface area contributed by atoms with Crippen LogP contribution in [0.1, 0.15) is 43.9 Å². The summed E-state index contributed by atoms with van der Waals surface area (Å²) in [6, 6.07) is 8.87. The largest absolute Gasteiger partial charge is 0.382 e. The van der Waals surface area contributed by atoms with Gasteiger partial charge in [-0.15, -0.1) is 5.10 Å². The fraction of sp³-hybridized carbons (Fsp3) is 0.444. The monoisotopic (exact) mass is 458 g/mol. The van der Waals surface area contributed by atoms with Gasteiger partial charge in [0.25, 0.3) is 0 Å². The van der Waals surface area contributed by atoms with Gasteiger partial charge in [0, 0.05) is 50.4 Å². The molecule has 0 radical (unpaired) electrons. The number of carbonyl (C=O) groups excluding carboxylic acids is 1. The highest BCUT2D eigenvalue weighted by Gasteiger charge is 2.32. The minimum Gasteiger partial charge on any atom is -0.382 e. The molecule has 7 heteroatoms. The summed E-state index contributed by atoms with van der Waals surface area (Å²) in [4.78, 5) is 16.6. The molecule has 0 aliphatic carbocycles. The quantitative estimate of drug-likeness (QED) is 0.586. The van der Waals surface area contributed by atoms with Crippen molar-refractivity contribution in [3.8, 4) is 11.1 Å². The lowest BCUT2D eigenvalue weighted by Crippen LogP contribution is -2.26. The molecular weight excluding hydrogens is 424 g/mol. The van der Waals surface area contributed by atoms with E-state index >= 15 is 0 Å². The van der Waals surface area contributed by atoms with E-state index in [2.05, 4.69) is 71.4 Å². The number of fused-ring (bicyclic) bond motifs is 1. The number of carbonyl (C=O) groups is 1. The number of amides is 1. The molecule has 4 heterocycles. The third-order valence-electron chi connectivity index (χ3n) is 7.55. The van der Waals surface area contributed by atoms with Gasteiger partial charge in [-0.05, 0) is 42.0 Å². The molecule has 2 saturated heterocycles. The maximum Gasteiger partial charge on any atom is 0.245 e. The van der Waals surface area contributed by atoms with E-state index in [0.29, 0.717) is 17.8 Å². The Morgan fingerprint density at radius 1 is 1.26 bits per heavy atom. The highest BCUT2D eigenvalue weighted by molar-refractivity contribution is 6.04. The van der Waals surface area contributed by atoms with Gasteiger partial charge in [0.2, 0.25) is 5.91 Å². The van der Waals surface area contributed by atoms with Crippen LogP contribution in [0, 0.1) is 5.41 Å². The van der Waals surface area contributed by atoms with Gasteiger partial charge < -0.3 is 15.2 Å². The predicted molar refractivity (Wildman–Crippen MR) is 136 cm³/mol. The number of hydrogen-bond donors (Lipinski definition) is 1. The molecule has 2 N–H and O–H groups in total. The number of nitrogens with zero attached hydrogens (tertiary/aromatic N) is 5. The molecule has 7 nitrogen and oxygen atoms in total. The van der Waals surface area contributed by atoms with Crippen molar-refractivity contribution in [3.63, 3.8) is 0 Å². The maximum atomic E-state index is 12.2. The smallest absolute Gasteiger partial charge is 0.245 e. The lowest BCUT2D eigenvalue weighted by atomic mass is 9.93. The fourth-order valence-electron chi connectivity index (χ4n) is 5.80. The number of hydrogen-bond acceptors (Lipinski definition) is 5. The Morgan fingerprint density at radius 2 is 2.03 bits per heavy atom. The molecule has 0 bridgehead atoms. The van der Waals surface area contributed by atoms with Crippen LogP contribution < -0.4 is 5.73 Å². The SMILES string of the molecule is C=CC(=O)N1CCC(c2c(-c3ccc(CN4CCC(C)(C)C4)cc3)c3c(N)nncc3n2C)C1. The van der Waals surface area contributed by atoms with Gasteiger partial charge >= 0.3 is 0 Å². The van der Waals surface area contributed by atoms with Crippen molar-refractivity contribution in [2.75, 3.05) is 31.9 Å². The van der Waals surface area contributed by atoms with Crippen LogP contribution in [0.25, 0.3) is 22.0 Å². The zero-order valence-corrected chi connectivity index (χ0v) is 20.4. The molecule has 2 aromatic heterocycles. The summed E-state index contributed by atoms with van der Waals surface area (Å²) in [6.07, 6.45) is 5.33. The van der Waals surface area contributed by atoms with Crippen LogP contribution in [0.5, 0.6) is 0 Å². The first kappa shape index (κ1) is 22.6. The standard InChI is InChI=1S/C27H34N6O/c1-5-22(34)33-12-10-20(16-33)25-23(24-21(31(25)4)14-29-30-26(24)28)19-8-6-18(7-9-19)15-32-13-11-27(2,3)17-32/h5-9,14,20H,1,10-13,15-17H2,2-4H3,(H2,28,30). The molecule has 3 aromatic rings. The molecule has 1 amide bonds. The van der Waals surface area contributed by atoms with Crippen molar-refractivity contribution in [2.45, 2.75) is 39.2 Å². The molecule has 2 aliphatic heterocycles. The van der Waals surface area contributed by atoms with Crippen LogP contribution in [-0.2, 0) is 18.4 Å². The van der Waals surface area contributed by atoms with Gasteiger partial charge in [0.05, 0.1) is 17.1 Å². The van der Waals surface area contributed by atoms with Crippen molar-refractivity contribution in [2.24, 2.45) is 12.5 Å². The van der Waals surface area contributed by atoms with Crippen molar-refractivity contribution in [1.29, 1.82) is 0 Å². The summed E-state index contributed by atoms with van der Waals surface area (Å²) in [5.41, 5.74) is 12.5. The Kier molecular flexibility index (Phi) is 5.68. The van der Waals surface area contributed by atoms with E-state index in [1.165, 1.54) is 23.8 Å². The predicted octanol–water partition coefficient (Wildman–Crippen LogP) is 3.95. The van der Waals surface area contributed by atoms with Gasteiger partial charge in [0.1, 0.15) is 0 Å². The van der Waals surface area contributed by atoms with Gasteiger partial charge in [0.15, 0.2) is 5.82 Å². The van der Waals surface area contributed by atoms with E-state index in [4.69, 9.17) is 5.73 Å². The number of rotatable bonds is 5. The Bertz CT molecular complexity index is 1240. The van der Waals surface area contributed by atoms with Gasteiger partial charge in [-0.25, -0.2) is 0 Å². The van der Waals surface area contributed by atoms with E-state index < -0.39 is 0 Å². The summed E-state index contributed by atoms with van der Waals surface area (Å²) >= 11 is 0. The zero-order chi connectivity index (χ0) is 24.0. The van der Waals surface area contributed by atoms with E-state index in [0.717, 1.165) is 54.6 Å². The Morgan fingerprint density at radius 3 is 2.71 bits per heavy atom. The molecule has 1 unspecified atom stereocenters.